The first kappa shape index (κ1) is 23.2. The van der Waals surface area contributed by atoms with Gasteiger partial charge in [0, 0.05) is 6.42 Å². The lowest BCUT2D eigenvalue weighted by Gasteiger charge is -2.27. The van der Waals surface area contributed by atoms with E-state index in [-0.39, 0.29) is 22.1 Å². The summed E-state index contributed by atoms with van der Waals surface area (Å²) in [4.78, 5) is 38.8. The Balaban J connectivity index is 1.68. The molecule has 8 heteroatoms. The molecule has 1 heterocycles. The number of benzene rings is 3. The van der Waals surface area contributed by atoms with Crippen LogP contribution in [0, 0.1) is 5.82 Å². The normalized spacial score (nSPS) is 15.0. The van der Waals surface area contributed by atoms with E-state index in [2.05, 4.69) is 5.32 Å². The summed E-state index contributed by atoms with van der Waals surface area (Å²) >= 11 is 6.16. The number of para-hydroxylation sites is 1. The van der Waals surface area contributed by atoms with Crippen molar-refractivity contribution in [3.63, 3.8) is 0 Å². The highest BCUT2D eigenvalue weighted by Crippen LogP contribution is 2.30. The van der Waals surface area contributed by atoms with Crippen LogP contribution in [0.15, 0.2) is 72.3 Å². The molecule has 172 valence electrons. The lowest BCUT2D eigenvalue weighted by atomic mass is 10.0. The second-order valence-corrected chi connectivity index (χ2v) is 7.92. The van der Waals surface area contributed by atoms with Gasteiger partial charge in [-0.3, -0.25) is 14.9 Å². The Hall–Kier alpha value is -3.97. The van der Waals surface area contributed by atoms with Gasteiger partial charge in [-0.1, -0.05) is 48.0 Å². The quantitative estimate of drug-likeness (QED) is 0.393. The first-order chi connectivity index (χ1) is 16.4. The third-order valence-corrected chi connectivity index (χ3v) is 5.50. The van der Waals surface area contributed by atoms with Gasteiger partial charge < -0.3 is 4.74 Å². The molecule has 0 aliphatic carbocycles. The minimum atomic E-state index is -0.874. The van der Waals surface area contributed by atoms with E-state index in [4.69, 9.17) is 16.3 Å². The van der Waals surface area contributed by atoms with Crippen LogP contribution in [0.25, 0.3) is 6.08 Å². The highest BCUT2D eigenvalue weighted by atomic mass is 35.5. The first-order valence-corrected chi connectivity index (χ1v) is 10.9. The lowest BCUT2D eigenvalue weighted by molar-refractivity contribution is -0.122. The van der Waals surface area contributed by atoms with Crippen LogP contribution in [0.4, 0.5) is 14.9 Å². The average Bonchev–Trinajstić information content (AvgIpc) is 2.79. The number of halogens is 2. The molecule has 0 atom stereocenters. The number of hydrogen-bond donors (Lipinski definition) is 1. The molecule has 1 aliphatic rings. The molecule has 1 aliphatic heterocycles. The number of carbonyl (C=O) groups excluding carboxylic acids is 3. The highest BCUT2D eigenvalue weighted by molar-refractivity contribution is 6.42. The molecule has 0 spiro atoms. The maximum absolute atomic E-state index is 13.6. The molecule has 0 radical (unpaired) electrons. The summed E-state index contributed by atoms with van der Waals surface area (Å²) in [5.74, 6) is -1.37. The van der Waals surface area contributed by atoms with E-state index in [1.165, 1.54) is 24.3 Å². The Morgan fingerprint density at radius 3 is 2.56 bits per heavy atom. The van der Waals surface area contributed by atoms with Crippen LogP contribution in [0.2, 0.25) is 5.02 Å². The molecule has 0 bridgehead atoms. The van der Waals surface area contributed by atoms with Gasteiger partial charge in [0.1, 0.15) is 17.1 Å². The molecule has 34 heavy (non-hydrogen) atoms. The Bertz CT molecular complexity index is 1320. The standard InChI is InChI=1S/C26H20ClFN2O4/c1-2-34-23-15-17(10-11-18(23)12-16-6-5-7-19(28)13-16)14-20-24(31)29-26(33)30(25(20)32)22-9-4-3-8-21(22)27/h3-11,13-15H,2,12H2,1H3,(H,29,31,33)/b20-14+. The fraction of sp³-hybridized carbons (Fsp3) is 0.115. The second-order valence-electron chi connectivity index (χ2n) is 7.52. The van der Waals surface area contributed by atoms with E-state index in [0.29, 0.717) is 24.3 Å². The van der Waals surface area contributed by atoms with Crippen LogP contribution in [0.5, 0.6) is 5.75 Å². The van der Waals surface area contributed by atoms with Crippen molar-refractivity contribution in [1.29, 1.82) is 0 Å². The third-order valence-electron chi connectivity index (χ3n) is 5.18. The number of nitrogens with zero attached hydrogens (tertiary/aromatic N) is 1. The van der Waals surface area contributed by atoms with Gasteiger partial charge in [0.15, 0.2) is 0 Å². The van der Waals surface area contributed by atoms with E-state index >= 15 is 0 Å². The van der Waals surface area contributed by atoms with E-state index < -0.39 is 17.8 Å². The molecular weight excluding hydrogens is 459 g/mol. The van der Waals surface area contributed by atoms with Crippen molar-refractivity contribution >= 4 is 41.2 Å². The molecule has 6 nitrogen and oxygen atoms in total. The summed E-state index contributed by atoms with van der Waals surface area (Å²) in [5.41, 5.74) is 2.08. The predicted octanol–water partition coefficient (Wildman–Crippen LogP) is 5.14. The summed E-state index contributed by atoms with van der Waals surface area (Å²) in [5, 5.41) is 2.37. The van der Waals surface area contributed by atoms with Gasteiger partial charge in [0.25, 0.3) is 11.8 Å². The summed E-state index contributed by atoms with van der Waals surface area (Å²) in [6.07, 6.45) is 1.83. The Labute approximate surface area is 200 Å². The van der Waals surface area contributed by atoms with Crippen LogP contribution in [0.3, 0.4) is 0 Å². The number of rotatable bonds is 6. The van der Waals surface area contributed by atoms with Crippen molar-refractivity contribution in [3.05, 3.63) is 99.8 Å². The van der Waals surface area contributed by atoms with Crippen LogP contribution < -0.4 is 15.0 Å². The van der Waals surface area contributed by atoms with Crippen molar-refractivity contribution in [1.82, 2.24) is 5.32 Å². The van der Waals surface area contributed by atoms with Gasteiger partial charge in [-0.15, -0.1) is 0 Å². The van der Waals surface area contributed by atoms with Crippen molar-refractivity contribution < 1.29 is 23.5 Å². The largest absolute Gasteiger partial charge is 0.494 e. The molecule has 1 saturated heterocycles. The predicted molar refractivity (Wildman–Crippen MR) is 127 cm³/mol. The molecule has 1 N–H and O–H groups in total. The number of barbiturate groups is 1. The molecule has 3 aromatic carbocycles. The Morgan fingerprint density at radius 1 is 1.03 bits per heavy atom. The molecule has 3 aromatic rings. The molecule has 0 saturated carbocycles. The number of carbonyl (C=O) groups is 3. The molecule has 0 aromatic heterocycles. The van der Waals surface area contributed by atoms with Crippen molar-refractivity contribution in [2.24, 2.45) is 0 Å². The summed E-state index contributed by atoms with van der Waals surface area (Å²) in [6.45, 7) is 2.23. The molecule has 1 fully saturated rings. The van der Waals surface area contributed by atoms with Gasteiger partial charge in [-0.05, 0) is 60.0 Å². The highest BCUT2D eigenvalue weighted by Gasteiger charge is 2.37. The van der Waals surface area contributed by atoms with E-state index in [0.717, 1.165) is 16.0 Å². The van der Waals surface area contributed by atoms with Crippen LogP contribution in [-0.2, 0) is 16.0 Å². The zero-order chi connectivity index (χ0) is 24.2. The Kier molecular flexibility index (Phi) is 6.75. The van der Waals surface area contributed by atoms with E-state index in [9.17, 15) is 18.8 Å². The first-order valence-electron chi connectivity index (χ1n) is 10.5. The fourth-order valence-corrected chi connectivity index (χ4v) is 3.86. The molecular formula is C26H20ClFN2O4. The minimum Gasteiger partial charge on any atom is -0.494 e. The molecule has 0 unspecified atom stereocenters. The van der Waals surface area contributed by atoms with Gasteiger partial charge in [0.05, 0.1) is 17.3 Å². The molecule has 4 rings (SSSR count). The van der Waals surface area contributed by atoms with E-state index in [1.807, 2.05) is 13.0 Å². The molecule has 4 amide bonds. The number of anilines is 1. The van der Waals surface area contributed by atoms with E-state index in [1.54, 1.807) is 42.5 Å². The summed E-state index contributed by atoms with van der Waals surface area (Å²) in [6, 6.07) is 17.0. The zero-order valence-corrected chi connectivity index (χ0v) is 18.9. The summed E-state index contributed by atoms with van der Waals surface area (Å²) in [7, 11) is 0. The SMILES string of the molecule is CCOc1cc(/C=C2\C(=O)NC(=O)N(c3ccccc3Cl)C2=O)ccc1Cc1cccc(F)c1. The Morgan fingerprint density at radius 2 is 1.82 bits per heavy atom. The monoisotopic (exact) mass is 478 g/mol. The van der Waals surface area contributed by atoms with Gasteiger partial charge >= 0.3 is 6.03 Å². The van der Waals surface area contributed by atoms with Gasteiger partial charge in [-0.25, -0.2) is 14.1 Å². The number of urea groups is 1. The summed E-state index contributed by atoms with van der Waals surface area (Å²) < 4.78 is 19.3. The van der Waals surface area contributed by atoms with Crippen LogP contribution >= 0.6 is 11.6 Å². The van der Waals surface area contributed by atoms with Gasteiger partial charge in [-0.2, -0.15) is 0 Å². The topological polar surface area (TPSA) is 75.7 Å². The fourth-order valence-electron chi connectivity index (χ4n) is 3.64. The van der Waals surface area contributed by atoms with Crippen LogP contribution in [0.1, 0.15) is 23.6 Å². The average molecular weight is 479 g/mol. The smallest absolute Gasteiger partial charge is 0.335 e. The van der Waals surface area contributed by atoms with Crippen molar-refractivity contribution in [3.8, 4) is 5.75 Å². The number of nitrogens with one attached hydrogen (secondary N) is 1. The number of amides is 4. The maximum Gasteiger partial charge on any atom is 0.335 e. The lowest BCUT2D eigenvalue weighted by Crippen LogP contribution is -2.54. The van der Waals surface area contributed by atoms with Crippen molar-refractivity contribution in [2.75, 3.05) is 11.5 Å². The zero-order valence-electron chi connectivity index (χ0n) is 18.2. The second kappa shape index (κ2) is 9.89. The number of imide groups is 2. The third kappa shape index (κ3) is 4.84. The maximum atomic E-state index is 13.6. The van der Waals surface area contributed by atoms with Crippen LogP contribution in [-0.4, -0.2) is 24.5 Å². The van der Waals surface area contributed by atoms with Crippen molar-refractivity contribution in [2.45, 2.75) is 13.3 Å². The number of hydrogen-bond acceptors (Lipinski definition) is 4. The number of ether oxygens (including phenoxy) is 1. The minimum absolute atomic E-state index is 0.172. The van der Waals surface area contributed by atoms with Gasteiger partial charge in [0.2, 0.25) is 0 Å².